The topological polar surface area (TPSA) is 50.1 Å². The van der Waals surface area contributed by atoms with E-state index in [-0.39, 0.29) is 12.4 Å². The number of fused-ring (bicyclic) bond motifs is 2. The molecule has 2 atom stereocenters. The van der Waals surface area contributed by atoms with Gasteiger partial charge in [0.1, 0.15) is 0 Å². The van der Waals surface area contributed by atoms with E-state index in [9.17, 15) is 5.11 Å². The first-order valence-corrected chi connectivity index (χ1v) is 8.14. The molecule has 0 amide bonds. The Morgan fingerprint density at radius 2 is 1.95 bits per heavy atom. The first kappa shape index (κ1) is 16.8. The molecule has 4 nitrogen and oxygen atoms in total. The van der Waals surface area contributed by atoms with E-state index in [0.717, 1.165) is 31.4 Å². The lowest BCUT2D eigenvalue weighted by Gasteiger charge is -2.36. The first-order chi connectivity index (χ1) is 9.62. The predicted octanol–water partition coefficient (Wildman–Crippen LogP) is 2.85. The highest BCUT2D eigenvalue weighted by molar-refractivity contribution is 5.85. The summed E-state index contributed by atoms with van der Waals surface area (Å²) >= 11 is 0. The molecule has 2 bridgehead atoms. The predicted molar refractivity (Wildman–Crippen MR) is 86.9 cm³/mol. The lowest BCUT2D eigenvalue weighted by atomic mass is 9.84. The molecular weight excluding hydrogens is 286 g/mol. The van der Waals surface area contributed by atoms with Crippen molar-refractivity contribution in [2.24, 2.45) is 0 Å². The summed E-state index contributed by atoms with van der Waals surface area (Å²) in [6.45, 7) is 4.40. The van der Waals surface area contributed by atoms with E-state index in [0.29, 0.717) is 24.5 Å². The van der Waals surface area contributed by atoms with Crippen LogP contribution in [0.1, 0.15) is 64.1 Å². The van der Waals surface area contributed by atoms with Gasteiger partial charge in [-0.15, -0.1) is 12.4 Å². The number of hydrogen-bond acceptors (Lipinski definition) is 3. The van der Waals surface area contributed by atoms with Gasteiger partial charge in [-0.1, -0.05) is 13.8 Å². The number of aromatic nitrogens is 2. The van der Waals surface area contributed by atoms with E-state index >= 15 is 0 Å². The zero-order chi connectivity index (χ0) is 14.2. The minimum atomic E-state index is -0.551. The van der Waals surface area contributed by atoms with Gasteiger partial charge in [-0.3, -0.25) is 4.68 Å². The molecule has 0 saturated carbocycles. The van der Waals surface area contributed by atoms with Crippen molar-refractivity contribution in [2.45, 2.75) is 82.5 Å². The molecule has 3 heterocycles. The lowest BCUT2D eigenvalue weighted by molar-refractivity contribution is -0.00700. The van der Waals surface area contributed by atoms with Crippen molar-refractivity contribution in [2.75, 3.05) is 0 Å². The summed E-state index contributed by atoms with van der Waals surface area (Å²) in [4.78, 5) is 0. The summed E-state index contributed by atoms with van der Waals surface area (Å²) in [6.07, 6.45) is 9.18. The Labute approximate surface area is 133 Å². The zero-order valence-corrected chi connectivity index (χ0v) is 13.9. The van der Waals surface area contributed by atoms with Crippen molar-refractivity contribution in [1.29, 1.82) is 0 Å². The molecule has 2 aliphatic heterocycles. The van der Waals surface area contributed by atoms with Crippen molar-refractivity contribution in [3.05, 3.63) is 18.0 Å². The number of nitrogens with zero attached hydrogens (tertiary/aromatic N) is 2. The van der Waals surface area contributed by atoms with Crippen LogP contribution in [0.15, 0.2) is 12.3 Å². The standard InChI is InChI=1S/C16H27N3O.ClH/c1-3-15(4-2)19-8-7-14(18-19)11-16(20)9-12-5-6-13(10-16)17-12;/h7-8,12-13,15,17,20H,3-6,9-11H2,1-2H3;1H. The van der Waals surface area contributed by atoms with E-state index in [1.54, 1.807) is 0 Å². The van der Waals surface area contributed by atoms with Crippen LogP contribution in [0.4, 0.5) is 0 Å². The smallest absolute Gasteiger partial charge is 0.0733 e. The van der Waals surface area contributed by atoms with Gasteiger partial charge < -0.3 is 10.4 Å². The Morgan fingerprint density at radius 1 is 1.33 bits per heavy atom. The summed E-state index contributed by atoms with van der Waals surface area (Å²) in [5, 5.41) is 19.2. The van der Waals surface area contributed by atoms with Gasteiger partial charge in [0.15, 0.2) is 0 Å². The maximum atomic E-state index is 10.9. The number of rotatable bonds is 5. The Balaban J connectivity index is 0.00000161. The minimum absolute atomic E-state index is 0. The third kappa shape index (κ3) is 3.61. The molecule has 2 saturated heterocycles. The zero-order valence-electron chi connectivity index (χ0n) is 13.1. The maximum Gasteiger partial charge on any atom is 0.0733 e. The molecule has 2 fully saturated rings. The Hall–Kier alpha value is -0.580. The van der Waals surface area contributed by atoms with Gasteiger partial charge in [-0.2, -0.15) is 5.10 Å². The largest absolute Gasteiger partial charge is 0.389 e. The average Bonchev–Trinajstić information content (AvgIpc) is 2.98. The van der Waals surface area contributed by atoms with Gasteiger partial charge in [0, 0.05) is 24.7 Å². The molecule has 0 spiro atoms. The van der Waals surface area contributed by atoms with Crippen molar-refractivity contribution in [3.63, 3.8) is 0 Å². The second-order valence-corrected chi connectivity index (χ2v) is 6.70. The van der Waals surface area contributed by atoms with Crippen molar-refractivity contribution in [3.8, 4) is 0 Å². The first-order valence-electron chi connectivity index (χ1n) is 8.14. The van der Waals surface area contributed by atoms with Crippen molar-refractivity contribution < 1.29 is 5.11 Å². The SMILES string of the molecule is CCC(CC)n1ccc(CC2(O)CC3CCC(C2)N3)n1.Cl. The van der Waals surface area contributed by atoms with Crippen LogP contribution in [0.2, 0.25) is 0 Å². The summed E-state index contributed by atoms with van der Waals surface area (Å²) in [5.74, 6) is 0. The van der Waals surface area contributed by atoms with Crippen molar-refractivity contribution in [1.82, 2.24) is 15.1 Å². The quantitative estimate of drug-likeness (QED) is 0.879. The second-order valence-electron chi connectivity index (χ2n) is 6.70. The van der Waals surface area contributed by atoms with Crippen LogP contribution in [-0.2, 0) is 6.42 Å². The average molecular weight is 314 g/mol. The number of halogens is 1. The molecule has 3 rings (SSSR count). The number of nitrogens with one attached hydrogen (secondary N) is 1. The highest BCUT2D eigenvalue weighted by atomic mass is 35.5. The van der Waals surface area contributed by atoms with Crippen LogP contribution in [0.3, 0.4) is 0 Å². The number of aliphatic hydroxyl groups is 1. The molecule has 21 heavy (non-hydrogen) atoms. The van der Waals surface area contributed by atoms with E-state index in [2.05, 4.69) is 36.1 Å². The fourth-order valence-corrected chi connectivity index (χ4v) is 4.04. The fourth-order valence-electron chi connectivity index (χ4n) is 4.04. The summed E-state index contributed by atoms with van der Waals surface area (Å²) in [7, 11) is 0. The summed E-state index contributed by atoms with van der Waals surface area (Å²) in [5.41, 5.74) is 0.491. The van der Waals surface area contributed by atoms with Crippen LogP contribution in [0.25, 0.3) is 0 Å². The second kappa shape index (κ2) is 6.67. The van der Waals surface area contributed by atoms with Crippen LogP contribution < -0.4 is 5.32 Å². The van der Waals surface area contributed by atoms with Crippen LogP contribution in [0.5, 0.6) is 0 Å². The highest BCUT2D eigenvalue weighted by Gasteiger charge is 2.42. The van der Waals surface area contributed by atoms with Crippen LogP contribution >= 0.6 is 12.4 Å². The molecule has 120 valence electrons. The molecule has 0 aromatic carbocycles. The van der Waals surface area contributed by atoms with Crippen LogP contribution in [0, 0.1) is 0 Å². The molecule has 2 unspecified atom stereocenters. The highest BCUT2D eigenvalue weighted by Crippen LogP contribution is 2.35. The van der Waals surface area contributed by atoms with Gasteiger partial charge in [-0.05, 0) is 44.6 Å². The van der Waals surface area contributed by atoms with Gasteiger partial charge in [0.25, 0.3) is 0 Å². The van der Waals surface area contributed by atoms with Crippen LogP contribution in [-0.4, -0.2) is 32.6 Å². The van der Waals surface area contributed by atoms with E-state index in [1.165, 1.54) is 12.8 Å². The van der Waals surface area contributed by atoms with E-state index < -0.39 is 5.60 Å². The Bertz CT molecular complexity index is 446. The maximum absolute atomic E-state index is 10.9. The molecule has 0 aliphatic carbocycles. The molecular formula is C16H28ClN3O. The van der Waals surface area contributed by atoms with Gasteiger partial charge in [0.05, 0.1) is 17.3 Å². The fraction of sp³-hybridized carbons (Fsp3) is 0.812. The number of piperidine rings is 1. The van der Waals surface area contributed by atoms with E-state index in [4.69, 9.17) is 5.10 Å². The molecule has 1 aromatic rings. The molecule has 2 N–H and O–H groups in total. The van der Waals surface area contributed by atoms with Gasteiger partial charge in [-0.25, -0.2) is 0 Å². The number of hydrogen-bond donors (Lipinski definition) is 2. The van der Waals surface area contributed by atoms with E-state index in [1.807, 2.05) is 0 Å². The Morgan fingerprint density at radius 3 is 2.52 bits per heavy atom. The lowest BCUT2D eigenvalue weighted by Crippen LogP contribution is -2.49. The molecule has 5 heteroatoms. The third-order valence-electron chi connectivity index (χ3n) is 5.08. The summed E-state index contributed by atoms with van der Waals surface area (Å²) < 4.78 is 2.08. The third-order valence-corrected chi connectivity index (χ3v) is 5.08. The molecule has 1 aromatic heterocycles. The molecule has 2 aliphatic rings. The van der Waals surface area contributed by atoms with Gasteiger partial charge in [0.2, 0.25) is 0 Å². The monoisotopic (exact) mass is 313 g/mol. The summed E-state index contributed by atoms with van der Waals surface area (Å²) in [6, 6.07) is 3.60. The Kier molecular flexibility index (Phi) is 5.33. The normalized spacial score (nSPS) is 31.4. The van der Waals surface area contributed by atoms with Crippen molar-refractivity contribution >= 4 is 12.4 Å². The molecule has 0 radical (unpaired) electrons. The minimum Gasteiger partial charge on any atom is -0.389 e. The van der Waals surface area contributed by atoms with Gasteiger partial charge >= 0.3 is 0 Å².